The number of hydrogen-bond donors (Lipinski definition) is 0. The third-order valence-electron chi connectivity index (χ3n) is 1.84. The molecule has 0 unspecified atom stereocenters. The predicted molar refractivity (Wildman–Crippen MR) is 53.1 cm³/mol. The van der Waals surface area contributed by atoms with Gasteiger partial charge in [0, 0.05) is 6.20 Å². The van der Waals surface area contributed by atoms with Crippen molar-refractivity contribution in [2.24, 2.45) is 0 Å². The van der Waals surface area contributed by atoms with Gasteiger partial charge in [-0.05, 0) is 24.6 Å². The molecule has 0 bridgehead atoms. The van der Waals surface area contributed by atoms with E-state index in [0.29, 0.717) is 5.39 Å². The predicted octanol–water partition coefficient (Wildman–Crippen LogP) is 1.44. The first-order valence-electron chi connectivity index (χ1n) is 4.05. The van der Waals surface area contributed by atoms with Crippen molar-refractivity contribution in [3.63, 3.8) is 0 Å². The fourth-order valence-electron chi connectivity index (χ4n) is 1.14. The molecule has 6 heteroatoms. The second-order valence-corrected chi connectivity index (χ2v) is 3.24. The van der Waals surface area contributed by atoms with Crippen molar-refractivity contribution in [2.45, 2.75) is 6.92 Å². The van der Waals surface area contributed by atoms with Gasteiger partial charge in [0.1, 0.15) is 5.56 Å². The van der Waals surface area contributed by atoms with Crippen molar-refractivity contribution < 1.29 is 9.21 Å². The topological polar surface area (TPSA) is 73.1 Å². The molecule has 5 nitrogen and oxygen atoms in total. The Hall–Kier alpha value is -1.75. The molecule has 0 saturated heterocycles. The summed E-state index contributed by atoms with van der Waals surface area (Å²) >= 11 is 5.52. The van der Waals surface area contributed by atoms with Gasteiger partial charge in [0.2, 0.25) is 11.0 Å². The van der Waals surface area contributed by atoms with Crippen LogP contribution in [-0.4, -0.2) is 15.8 Å². The molecule has 0 N–H and O–H groups in total. The monoisotopic (exact) mass is 224 g/mol. The third-order valence-corrected chi connectivity index (χ3v) is 2.02. The first-order valence-corrected chi connectivity index (χ1v) is 4.43. The Balaban J connectivity index is 2.82. The summed E-state index contributed by atoms with van der Waals surface area (Å²) in [4.78, 5) is 29.8. The Bertz CT molecular complexity index is 606. The van der Waals surface area contributed by atoms with Gasteiger partial charge in [-0.2, -0.15) is 4.98 Å². The molecule has 0 spiro atoms. The maximum atomic E-state index is 11.3. The summed E-state index contributed by atoms with van der Waals surface area (Å²) in [5, 5.41) is 0.449. The van der Waals surface area contributed by atoms with E-state index in [1.165, 1.54) is 19.2 Å². The number of nitrogens with zero attached hydrogens (tertiary/aromatic N) is 2. The average Bonchev–Trinajstić information content (AvgIpc) is 2.15. The minimum atomic E-state index is -0.718. The van der Waals surface area contributed by atoms with Gasteiger partial charge in [0.15, 0.2) is 5.78 Å². The second-order valence-electron chi connectivity index (χ2n) is 2.90. The number of ketones is 1. The Morgan fingerprint density at radius 2 is 2.27 bits per heavy atom. The maximum absolute atomic E-state index is 11.3. The number of Topliss-reactive ketones (excluding diaryl/α,β-unsaturated/α-hetero) is 1. The van der Waals surface area contributed by atoms with Gasteiger partial charge in [-0.25, -0.2) is 9.78 Å². The molecule has 0 saturated carbocycles. The van der Waals surface area contributed by atoms with Gasteiger partial charge < -0.3 is 4.42 Å². The van der Waals surface area contributed by atoms with E-state index in [1.807, 2.05) is 0 Å². The minimum absolute atomic E-state index is 0.0128. The molecule has 0 amide bonds. The number of halogens is 1. The van der Waals surface area contributed by atoms with Crippen LogP contribution in [0.15, 0.2) is 21.5 Å². The zero-order chi connectivity index (χ0) is 11.0. The molecule has 0 aliphatic rings. The van der Waals surface area contributed by atoms with E-state index in [9.17, 15) is 9.59 Å². The highest BCUT2D eigenvalue weighted by Crippen LogP contribution is 2.12. The van der Waals surface area contributed by atoms with E-state index in [1.54, 1.807) is 0 Å². The molecule has 0 atom stereocenters. The standard InChI is InChI=1S/C9H5ClN2O3/c1-4(13)6-2-5-3-11-9(10)12-7(5)15-8(6)14/h2-3H,1H3. The van der Waals surface area contributed by atoms with Crippen molar-refractivity contribution >= 4 is 28.5 Å². The quantitative estimate of drug-likeness (QED) is 0.541. The Morgan fingerprint density at radius 1 is 1.53 bits per heavy atom. The molecule has 15 heavy (non-hydrogen) atoms. The number of carbonyl (C=O) groups excluding carboxylic acids is 1. The first-order chi connectivity index (χ1) is 7.08. The third kappa shape index (κ3) is 1.73. The molecule has 0 aliphatic carbocycles. The lowest BCUT2D eigenvalue weighted by Crippen LogP contribution is -2.11. The molecule has 0 fully saturated rings. The smallest absolute Gasteiger partial charge is 0.348 e. The lowest BCUT2D eigenvalue weighted by atomic mass is 10.2. The van der Waals surface area contributed by atoms with Crippen LogP contribution in [0.5, 0.6) is 0 Å². The van der Waals surface area contributed by atoms with Crippen LogP contribution in [0.4, 0.5) is 0 Å². The number of aromatic nitrogens is 2. The van der Waals surface area contributed by atoms with Crippen LogP contribution in [-0.2, 0) is 0 Å². The zero-order valence-corrected chi connectivity index (χ0v) is 8.41. The first kappa shape index (κ1) is 9.79. The van der Waals surface area contributed by atoms with Crippen molar-refractivity contribution in [3.05, 3.63) is 33.5 Å². The molecule has 0 radical (unpaired) electrons. The minimum Gasteiger partial charge on any atom is -0.403 e. The van der Waals surface area contributed by atoms with Crippen LogP contribution in [0.2, 0.25) is 5.28 Å². The van der Waals surface area contributed by atoms with Crippen LogP contribution in [0, 0.1) is 0 Å². The molecular formula is C9H5ClN2O3. The Kier molecular flexibility index (Phi) is 2.24. The zero-order valence-electron chi connectivity index (χ0n) is 7.65. The van der Waals surface area contributed by atoms with Gasteiger partial charge in [-0.15, -0.1) is 0 Å². The summed E-state index contributed by atoms with van der Waals surface area (Å²) in [6, 6.07) is 1.39. The van der Waals surface area contributed by atoms with E-state index in [0.717, 1.165) is 0 Å². The number of carbonyl (C=O) groups is 1. The molecular weight excluding hydrogens is 220 g/mol. The maximum Gasteiger partial charge on any atom is 0.348 e. The number of hydrogen-bond acceptors (Lipinski definition) is 5. The molecule has 2 rings (SSSR count). The largest absolute Gasteiger partial charge is 0.403 e. The highest BCUT2D eigenvalue weighted by molar-refractivity contribution is 6.28. The Labute approximate surface area is 88.7 Å². The fourth-order valence-corrected chi connectivity index (χ4v) is 1.26. The summed E-state index contributed by atoms with van der Waals surface area (Å²) in [7, 11) is 0. The van der Waals surface area contributed by atoms with Gasteiger partial charge in [0.05, 0.1) is 5.39 Å². The molecule has 2 aromatic heterocycles. The summed E-state index contributed by atoms with van der Waals surface area (Å²) in [5.74, 6) is -0.361. The van der Waals surface area contributed by atoms with Crippen LogP contribution < -0.4 is 5.63 Å². The normalized spacial score (nSPS) is 10.5. The van der Waals surface area contributed by atoms with Gasteiger partial charge in [0.25, 0.3) is 0 Å². The van der Waals surface area contributed by atoms with E-state index in [4.69, 9.17) is 16.0 Å². The van der Waals surface area contributed by atoms with Crippen LogP contribution in [0.1, 0.15) is 17.3 Å². The molecule has 2 heterocycles. The lowest BCUT2D eigenvalue weighted by molar-refractivity contribution is 0.101. The highest BCUT2D eigenvalue weighted by atomic mass is 35.5. The highest BCUT2D eigenvalue weighted by Gasteiger charge is 2.10. The summed E-state index contributed by atoms with van der Waals surface area (Å²) < 4.78 is 4.82. The molecule has 0 aromatic carbocycles. The van der Waals surface area contributed by atoms with Crippen LogP contribution >= 0.6 is 11.6 Å². The van der Waals surface area contributed by atoms with Crippen molar-refractivity contribution in [1.29, 1.82) is 0 Å². The lowest BCUT2D eigenvalue weighted by Gasteiger charge is -1.97. The van der Waals surface area contributed by atoms with Crippen molar-refractivity contribution in [3.8, 4) is 0 Å². The van der Waals surface area contributed by atoms with Gasteiger partial charge >= 0.3 is 5.63 Å². The van der Waals surface area contributed by atoms with E-state index in [2.05, 4.69) is 9.97 Å². The average molecular weight is 225 g/mol. The Morgan fingerprint density at radius 3 is 2.93 bits per heavy atom. The van der Waals surface area contributed by atoms with Crippen molar-refractivity contribution in [2.75, 3.05) is 0 Å². The van der Waals surface area contributed by atoms with Gasteiger partial charge in [-0.3, -0.25) is 4.79 Å². The van der Waals surface area contributed by atoms with E-state index < -0.39 is 5.63 Å². The van der Waals surface area contributed by atoms with Crippen LogP contribution in [0.25, 0.3) is 11.1 Å². The van der Waals surface area contributed by atoms with Crippen molar-refractivity contribution in [1.82, 2.24) is 9.97 Å². The SMILES string of the molecule is CC(=O)c1cc2cnc(Cl)nc2oc1=O. The van der Waals surface area contributed by atoms with E-state index >= 15 is 0 Å². The molecule has 76 valence electrons. The summed E-state index contributed by atoms with van der Waals surface area (Å²) in [6.07, 6.45) is 1.39. The molecule has 2 aromatic rings. The summed E-state index contributed by atoms with van der Waals surface area (Å²) in [5.41, 5.74) is -0.664. The van der Waals surface area contributed by atoms with Gasteiger partial charge in [-0.1, -0.05) is 0 Å². The van der Waals surface area contributed by atoms with E-state index in [-0.39, 0.29) is 22.3 Å². The fraction of sp³-hybridized carbons (Fsp3) is 0.111. The summed E-state index contributed by atoms with van der Waals surface area (Å²) in [6.45, 7) is 1.29. The van der Waals surface area contributed by atoms with Crippen LogP contribution in [0.3, 0.4) is 0 Å². The number of fused-ring (bicyclic) bond motifs is 1. The molecule has 0 aliphatic heterocycles. The number of rotatable bonds is 1. The second kappa shape index (κ2) is 3.43.